The molecule has 7 saturated carbocycles. The Bertz CT molecular complexity index is 726. The van der Waals surface area contributed by atoms with Gasteiger partial charge in [0.15, 0.2) is 0 Å². The fourth-order valence-corrected chi connectivity index (χ4v) is 14.2. The molecule has 33 heavy (non-hydrogen) atoms. The summed E-state index contributed by atoms with van der Waals surface area (Å²) in [5.74, 6) is 15.2. The normalized spacial score (nSPS) is 62.2. The third-order valence-electron chi connectivity index (χ3n) is 14.0. The van der Waals surface area contributed by atoms with Crippen molar-refractivity contribution in [3.8, 4) is 0 Å². The van der Waals surface area contributed by atoms with Gasteiger partial charge in [0.25, 0.3) is 0 Å². The van der Waals surface area contributed by atoms with Crippen molar-refractivity contribution in [1.29, 1.82) is 0 Å². The summed E-state index contributed by atoms with van der Waals surface area (Å²) >= 11 is 0. The number of hydrogen-bond donors (Lipinski definition) is 0. The summed E-state index contributed by atoms with van der Waals surface area (Å²) in [7, 11) is 0. The van der Waals surface area contributed by atoms with Gasteiger partial charge in [-0.05, 0) is 159 Å². The third-order valence-corrected chi connectivity index (χ3v) is 14.0. The highest BCUT2D eigenvalue weighted by Gasteiger charge is 2.68. The molecule has 0 aromatic heterocycles. The van der Waals surface area contributed by atoms with E-state index in [2.05, 4.69) is 27.7 Å². The van der Waals surface area contributed by atoms with Crippen LogP contribution in [0.3, 0.4) is 0 Å². The summed E-state index contributed by atoms with van der Waals surface area (Å²) in [5.41, 5.74) is 0.733. The van der Waals surface area contributed by atoms with Crippen LogP contribution < -0.4 is 0 Å². The molecule has 7 rings (SSSR count). The molecule has 7 fully saturated rings. The summed E-state index contributed by atoms with van der Waals surface area (Å²) in [6.45, 7) is 10.6. The average Bonchev–Trinajstić information content (AvgIpc) is 3.27. The lowest BCUT2D eigenvalue weighted by molar-refractivity contribution is -0.0393. The zero-order chi connectivity index (χ0) is 22.5. The van der Waals surface area contributed by atoms with Crippen molar-refractivity contribution in [2.24, 2.45) is 88.3 Å². The van der Waals surface area contributed by atoms with Crippen molar-refractivity contribution in [3.05, 3.63) is 0 Å². The van der Waals surface area contributed by atoms with Crippen molar-refractivity contribution < 1.29 is 0 Å². The topological polar surface area (TPSA) is 0 Å². The minimum absolute atomic E-state index is 0.733. The predicted octanol–water partition coefficient (Wildman–Crippen LogP) is 9.24. The lowest BCUT2D eigenvalue weighted by Gasteiger charge is -2.53. The molecule has 0 heteroatoms. The number of fused-ring (bicyclic) bond motifs is 11. The number of hydrogen-bond acceptors (Lipinski definition) is 0. The van der Waals surface area contributed by atoms with E-state index < -0.39 is 0 Å². The molecule has 0 radical (unpaired) electrons. The van der Waals surface area contributed by atoms with Crippen molar-refractivity contribution in [3.63, 3.8) is 0 Å². The van der Waals surface area contributed by atoms with Gasteiger partial charge in [-0.25, -0.2) is 0 Å². The van der Waals surface area contributed by atoms with Crippen molar-refractivity contribution in [2.75, 3.05) is 0 Å². The van der Waals surface area contributed by atoms with E-state index in [0.29, 0.717) is 0 Å². The molecule has 186 valence electrons. The molecule has 0 amide bonds. The fraction of sp³-hybridized carbons (Fsp3) is 1.00. The largest absolute Gasteiger partial charge is 0.0625 e. The molecule has 0 nitrogen and oxygen atoms in total. The van der Waals surface area contributed by atoms with Crippen molar-refractivity contribution in [1.82, 2.24) is 0 Å². The molecule has 7 aliphatic rings. The Morgan fingerprint density at radius 3 is 2.09 bits per heavy atom. The molecule has 0 bridgehead atoms. The molecule has 0 heterocycles. The number of rotatable bonds is 0. The second-order valence-corrected chi connectivity index (χ2v) is 15.8. The Balaban J connectivity index is 1.27. The Labute approximate surface area is 205 Å². The maximum absolute atomic E-state index is 2.72. The lowest BCUT2D eigenvalue weighted by atomic mass is 9.52. The molecule has 0 aromatic rings. The molecule has 0 saturated heterocycles. The van der Waals surface area contributed by atoms with Gasteiger partial charge < -0.3 is 0 Å². The Hall–Kier alpha value is 0. The summed E-state index contributed by atoms with van der Waals surface area (Å²) in [4.78, 5) is 0. The first-order chi connectivity index (χ1) is 16.0. The van der Waals surface area contributed by atoms with Gasteiger partial charge >= 0.3 is 0 Å². The Morgan fingerprint density at radius 2 is 1.27 bits per heavy atom. The van der Waals surface area contributed by atoms with Crippen LogP contribution in [0.25, 0.3) is 0 Å². The van der Waals surface area contributed by atoms with E-state index in [1.54, 1.807) is 77.0 Å². The lowest BCUT2D eigenvalue weighted by Crippen LogP contribution is -2.45. The van der Waals surface area contributed by atoms with E-state index in [0.717, 1.165) is 88.3 Å². The molecular weight excluding hydrogens is 396 g/mol. The zero-order valence-corrected chi connectivity index (χ0v) is 22.5. The minimum atomic E-state index is 0.733. The van der Waals surface area contributed by atoms with Gasteiger partial charge in [0.05, 0.1) is 0 Å². The van der Waals surface area contributed by atoms with Crippen LogP contribution in [0.5, 0.6) is 0 Å². The van der Waals surface area contributed by atoms with Crippen LogP contribution in [-0.4, -0.2) is 0 Å². The summed E-state index contributed by atoms with van der Waals surface area (Å²) in [6.07, 6.45) is 22.4. The average molecular weight is 451 g/mol. The molecular formula is C33H54. The van der Waals surface area contributed by atoms with Gasteiger partial charge in [0.1, 0.15) is 0 Å². The summed E-state index contributed by atoms with van der Waals surface area (Å²) in [5, 5.41) is 0. The maximum Gasteiger partial charge on any atom is -0.0228 e. The van der Waals surface area contributed by atoms with Gasteiger partial charge in [-0.3, -0.25) is 0 Å². The molecule has 0 N–H and O–H groups in total. The Morgan fingerprint density at radius 1 is 0.515 bits per heavy atom. The molecule has 14 atom stereocenters. The van der Waals surface area contributed by atoms with E-state index in [1.165, 1.54) is 12.8 Å². The van der Waals surface area contributed by atoms with E-state index in [9.17, 15) is 0 Å². The SMILES string of the molecule is CC1CC(C)C2C(C1)C1C3C(CCC1C21CC(C)CC(C)C1)CC1C2CCCCC2CCC13. The Kier molecular flexibility index (Phi) is 5.39. The smallest absolute Gasteiger partial charge is 0.0228 e. The molecule has 0 aromatic carbocycles. The minimum Gasteiger partial charge on any atom is -0.0625 e. The standard InChI is InChI=1S/C33H54/c1-19-14-22(4)32-28(15-19)31-29(33(32)17-20(2)13-21(3)18-33)12-10-24-16-27-25-8-6-5-7-23(25)9-11-26(27)30(24)31/h19-32H,5-18H2,1-4H3. The van der Waals surface area contributed by atoms with Crippen LogP contribution in [0, 0.1) is 88.3 Å². The van der Waals surface area contributed by atoms with Crippen LogP contribution in [0.4, 0.5) is 0 Å². The summed E-state index contributed by atoms with van der Waals surface area (Å²) in [6, 6.07) is 0. The highest BCUT2D eigenvalue weighted by Crippen LogP contribution is 2.75. The second-order valence-electron chi connectivity index (χ2n) is 15.8. The highest BCUT2D eigenvalue weighted by molar-refractivity contribution is 5.16. The quantitative estimate of drug-likeness (QED) is 0.345. The first-order valence-electron chi connectivity index (χ1n) is 16.0. The van der Waals surface area contributed by atoms with Gasteiger partial charge in [0.2, 0.25) is 0 Å². The van der Waals surface area contributed by atoms with Gasteiger partial charge in [0, 0.05) is 0 Å². The van der Waals surface area contributed by atoms with Crippen LogP contribution in [0.1, 0.15) is 118 Å². The van der Waals surface area contributed by atoms with Crippen molar-refractivity contribution >= 4 is 0 Å². The first-order valence-corrected chi connectivity index (χ1v) is 16.0. The highest BCUT2D eigenvalue weighted by atomic mass is 14.7. The molecule has 14 unspecified atom stereocenters. The van der Waals surface area contributed by atoms with E-state index in [-0.39, 0.29) is 0 Å². The van der Waals surface area contributed by atoms with E-state index >= 15 is 0 Å². The van der Waals surface area contributed by atoms with Gasteiger partial charge in [-0.2, -0.15) is 0 Å². The van der Waals surface area contributed by atoms with Crippen LogP contribution in [0.15, 0.2) is 0 Å². The van der Waals surface area contributed by atoms with Crippen LogP contribution in [0.2, 0.25) is 0 Å². The molecule has 0 aliphatic heterocycles. The third kappa shape index (κ3) is 3.19. The van der Waals surface area contributed by atoms with Crippen LogP contribution >= 0.6 is 0 Å². The molecule has 1 spiro atoms. The second kappa shape index (κ2) is 8.00. The monoisotopic (exact) mass is 450 g/mol. The maximum atomic E-state index is 2.72. The zero-order valence-electron chi connectivity index (χ0n) is 22.5. The van der Waals surface area contributed by atoms with Crippen molar-refractivity contribution in [2.45, 2.75) is 118 Å². The molecule has 7 aliphatic carbocycles. The van der Waals surface area contributed by atoms with E-state index in [4.69, 9.17) is 0 Å². The van der Waals surface area contributed by atoms with Crippen LogP contribution in [-0.2, 0) is 0 Å². The van der Waals surface area contributed by atoms with Gasteiger partial charge in [-0.15, -0.1) is 0 Å². The van der Waals surface area contributed by atoms with Gasteiger partial charge in [-0.1, -0.05) is 47.0 Å². The van der Waals surface area contributed by atoms with E-state index in [1.807, 2.05) is 0 Å². The first kappa shape index (κ1) is 22.2. The summed E-state index contributed by atoms with van der Waals surface area (Å²) < 4.78 is 0. The fourth-order valence-electron chi connectivity index (χ4n) is 14.2. The predicted molar refractivity (Wildman–Crippen MR) is 139 cm³/mol.